The smallest absolute Gasteiger partial charge is 0.384 e. The van der Waals surface area contributed by atoms with Crippen molar-refractivity contribution in [2.24, 2.45) is 7.05 Å². The van der Waals surface area contributed by atoms with Crippen molar-refractivity contribution >= 4 is 11.8 Å². The van der Waals surface area contributed by atoms with Crippen molar-refractivity contribution in [3.63, 3.8) is 0 Å². The summed E-state index contributed by atoms with van der Waals surface area (Å²) in [5, 5.41) is 17.4. The molecule has 6 nitrogen and oxygen atoms in total. The highest BCUT2D eigenvalue weighted by molar-refractivity contribution is 5.88. The van der Waals surface area contributed by atoms with E-state index >= 15 is 0 Å². The SMILES string of the molecule is Cc1cc(NC(=O)NCC[C@@H](O)C(F)(F)F)n(C)n1. The van der Waals surface area contributed by atoms with Crippen LogP contribution in [0.25, 0.3) is 0 Å². The van der Waals surface area contributed by atoms with Crippen LogP contribution in [0.1, 0.15) is 12.1 Å². The standard InChI is InChI=1S/C10H15F3N4O2/c1-6-5-8(17(2)16-6)15-9(19)14-4-3-7(18)10(11,12)13/h5,7,18H,3-4H2,1-2H3,(H2,14,15,19)/t7-/m1/s1. The maximum absolute atomic E-state index is 12.0. The molecule has 3 N–H and O–H groups in total. The van der Waals surface area contributed by atoms with E-state index in [1.54, 1.807) is 20.0 Å². The highest BCUT2D eigenvalue weighted by atomic mass is 19.4. The average Bonchev–Trinajstić information content (AvgIpc) is 2.55. The van der Waals surface area contributed by atoms with Crippen LogP contribution < -0.4 is 10.6 Å². The molecule has 0 saturated carbocycles. The number of alkyl halides is 3. The summed E-state index contributed by atoms with van der Waals surface area (Å²) in [6, 6.07) is 0.960. The number of hydrogen-bond acceptors (Lipinski definition) is 3. The second-order valence-corrected chi connectivity index (χ2v) is 4.02. The Morgan fingerprint density at radius 1 is 1.58 bits per heavy atom. The van der Waals surface area contributed by atoms with Crippen LogP contribution in [0.3, 0.4) is 0 Å². The molecule has 1 aromatic rings. The molecule has 0 fully saturated rings. The molecule has 19 heavy (non-hydrogen) atoms. The lowest BCUT2D eigenvalue weighted by molar-refractivity contribution is -0.204. The molecule has 0 aliphatic carbocycles. The van der Waals surface area contributed by atoms with Gasteiger partial charge in [-0.25, -0.2) is 4.79 Å². The number of aliphatic hydroxyl groups excluding tert-OH is 1. The Kier molecular flexibility index (Phi) is 4.76. The summed E-state index contributed by atoms with van der Waals surface area (Å²) in [6.45, 7) is 1.45. The van der Waals surface area contributed by atoms with Crippen LogP contribution in [0, 0.1) is 6.92 Å². The van der Waals surface area contributed by atoms with E-state index in [1.807, 2.05) is 0 Å². The molecule has 0 aliphatic heterocycles. The van der Waals surface area contributed by atoms with Crippen LogP contribution in [0.15, 0.2) is 6.07 Å². The van der Waals surface area contributed by atoms with Crippen molar-refractivity contribution in [1.82, 2.24) is 15.1 Å². The first kappa shape index (κ1) is 15.3. The number of carbonyl (C=O) groups excluding carboxylic acids is 1. The van der Waals surface area contributed by atoms with Crippen LogP contribution in [-0.4, -0.2) is 39.7 Å². The van der Waals surface area contributed by atoms with Crippen LogP contribution >= 0.6 is 0 Å². The molecule has 0 radical (unpaired) electrons. The molecule has 108 valence electrons. The van der Waals surface area contributed by atoms with Gasteiger partial charge in [0.25, 0.3) is 0 Å². The van der Waals surface area contributed by atoms with E-state index < -0.39 is 24.7 Å². The average molecular weight is 280 g/mol. The van der Waals surface area contributed by atoms with Crippen LogP contribution in [0.2, 0.25) is 0 Å². The highest BCUT2D eigenvalue weighted by Crippen LogP contribution is 2.21. The van der Waals surface area contributed by atoms with E-state index in [4.69, 9.17) is 5.11 Å². The lowest BCUT2D eigenvalue weighted by Gasteiger charge is -2.14. The molecule has 0 saturated heterocycles. The number of rotatable bonds is 4. The molecule has 0 aromatic carbocycles. The summed E-state index contributed by atoms with van der Waals surface area (Å²) >= 11 is 0. The Morgan fingerprint density at radius 3 is 2.68 bits per heavy atom. The number of halogens is 3. The quantitative estimate of drug-likeness (QED) is 0.774. The summed E-state index contributed by atoms with van der Waals surface area (Å²) in [5.74, 6) is 0.423. The second-order valence-electron chi connectivity index (χ2n) is 4.02. The molecule has 1 heterocycles. The van der Waals surface area contributed by atoms with E-state index in [9.17, 15) is 18.0 Å². The number of nitrogens with zero attached hydrogens (tertiary/aromatic N) is 2. The number of aliphatic hydroxyl groups is 1. The Balaban J connectivity index is 2.35. The van der Waals surface area contributed by atoms with Gasteiger partial charge in [0.2, 0.25) is 0 Å². The minimum atomic E-state index is -4.67. The number of aromatic nitrogens is 2. The van der Waals surface area contributed by atoms with Crippen molar-refractivity contribution in [1.29, 1.82) is 0 Å². The number of anilines is 1. The molecule has 1 aromatic heterocycles. The number of amides is 2. The summed E-state index contributed by atoms with van der Waals surface area (Å²) in [6.07, 6.45) is -7.70. The fourth-order valence-electron chi connectivity index (χ4n) is 1.37. The molecule has 0 spiro atoms. The summed E-state index contributed by atoms with van der Waals surface area (Å²) in [7, 11) is 1.62. The fraction of sp³-hybridized carbons (Fsp3) is 0.600. The number of urea groups is 1. The molecule has 0 unspecified atom stereocenters. The number of aryl methyl sites for hydroxylation is 2. The highest BCUT2D eigenvalue weighted by Gasteiger charge is 2.37. The first-order valence-corrected chi connectivity index (χ1v) is 5.50. The van der Waals surface area contributed by atoms with Crippen molar-refractivity contribution < 1.29 is 23.1 Å². The predicted octanol–water partition coefficient (Wildman–Crippen LogP) is 1.16. The lowest BCUT2D eigenvalue weighted by atomic mass is 10.2. The Bertz CT molecular complexity index is 444. The largest absolute Gasteiger partial charge is 0.414 e. The Hall–Kier alpha value is -1.77. The summed E-state index contributed by atoms with van der Waals surface area (Å²) in [4.78, 5) is 11.4. The topological polar surface area (TPSA) is 79.2 Å². The number of carbonyl (C=O) groups is 1. The first-order chi connectivity index (χ1) is 8.70. The van der Waals surface area contributed by atoms with Crippen molar-refractivity contribution in [2.45, 2.75) is 25.6 Å². The van der Waals surface area contributed by atoms with Gasteiger partial charge in [-0.3, -0.25) is 10.00 Å². The molecule has 1 rings (SSSR count). The van der Waals surface area contributed by atoms with E-state index in [1.165, 1.54) is 4.68 Å². The van der Waals surface area contributed by atoms with E-state index in [0.717, 1.165) is 0 Å². The van der Waals surface area contributed by atoms with Gasteiger partial charge in [-0.1, -0.05) is 0 Å². The minimum absolute atomic E-state index is 0.288. The molecular weight excluding hydrogens is 265 g/mol. The second kappa shape index (κ2) is 5.91. The van der Waals surface area contributed by atoms with Crippen LogP contribution in [-0.2, 0) is 7.05 Å². The van der Waals surface area contributed by atoms with E-state index in [0.29, 0.717) is 11.5 Å². The van der Waals surface area contributed by atoms with Crippen molar-refractivity contribution in [3.05, 3.63) is 11.8 Å². The van der Waals surface area contributed by atoms with Gasteiger partial charge in [-0.05, 0) is 13.3 Å². The molecule has 2 amide bonds. The van der Waals surface area contributed by atoms with Gasteiger partial charge in [-0.15, -0.1) is 0 Å². The van der Waals surface area contributed by atoms with Gasteiger partial charge in [-0.2, -0.15) is 18.3 Å². The van der Waals surface area contributed by atoms with Gasteiger partial charge < -0.3 is 10.4 Å². The zero-order chi connectivity index (χ0) is 14.6. The first-order valence-electron chi connectivity index (χ1n) is 5.50. The molecule has 0 bridgehead atoms. The van der Waals surface area contributed by atoms with Gasteiger partial charge >= 0.3 is 12.2 Å². The summed E-state index contributed by atoms with van der Waals surface area (Å²) in [5.41, 5.74) is 0.699. The lowest BCUT2D eigenvalue weighted by Crippen LogP contribution is -2.36. The van der Waals surface area contributed by atoms with Gasteiger partial charge in [0.05, 0.1) is 5.69 Å². The third-order valence-electron chi connectivity index (χ3n) is 2.32. The third kappa shape index (κ3) is 4.78. The maximum atomic E-state index is 12.0. The monoisotopic (exact) mass is 280 g/mol. The zero-order valence-electron chi connectivity index (χ0n) is 10.5. The summed E-state index contributed by atoms with van der Waals surface area (Å²) < 4.78 is 37.4. The third-order valence-corrected chi connectivity index (χ3v) is 2.32. The van der Waals surface area contributed by atoms with Crippen LogP contribution in [0.4, 0.5) is 23.8 Å². The van der Waals surface area contributed by atoms with Gasteiger partial charge in [0, 0.05) is 19.7 Å². The Labute approximate surface area is 107 Å². The predicted molar refractivity (Wildman–Crippen MR) is 61.6 cm³/mol. The fourth-order valence-corrected chi connectivity index (χ4v) is 1.37. The Morgan fingerprint density at radius 2 is 2.21 bits per heavy atom. The number of nitrogens with one attached hydrogen (secondary N) is 2. The van der Waals surface area contributed by atoms with Crippen molar-refractivity contribution in [3.8, 4) is 0 Å². The van der Waals surface area contributed by atoms with Gasteiger partial charge in [0.15, 0.2) is 6.10 Å². The van der Waals surface area contributed by atoms with E-state index in [-0.39, 0.29) is 6.54 Å². The normalized spacial score (nSPS) is 13.2. The molecule has 0 aliphatic rings. The zero-order valence-corrected chi connectivity index (χ0v) is 10.5. The minimum Gasteiger partial charge on any atom is -0.384 e. The van der Waals surface area contributed by atoms with E-state index in [2.05, 4.69) is 15.7 Å². The van der Waals surface area contributed by atoms with Crippen LogP contribution in [0.5, 0.6) is 0 Å². The maximum Gasteiger partial charge on any atom is 0.414 e. The molecule has 9 heteroatoms. The molecule has 1 atom stereocenters. The molecular formula is C10H15F3N4O2. The van der Waals surface area contributed by atoms with Gasteiger partial charge in [0.1, 0.15) is 5.82 Å². The number of hydrogen-bond donors (Lipinski definition) is 3. The van der Waals surface area contributed by atoms with Crippen molar-refractivity contribution in [2.75, 3.05) is 11.9 Å².